The molecule has 0 saturated heterocycles. The summed E-state index contributed by atoms with van der Waals surface area (Å²) in [5.41, 5.74) is 9.06. The number of H-pyrrole nitrogens is 2. The van der Waals surface area contributed by atoms with Gasteiger partial charge in [-0.2, -0.15) is 4.98 Å². The zero-order valence-electron chi connectivity index (χ0n) is 8.48. The number of anilines is 2. The van der Waals surface area contributed by atoms with Crippen LogP contribution in [0.3, 0.4) is 0 Å². The number of nitrogens with zero attached hydrogens (tertiary/aromatic N) is 2. The van der Waals surface area contributed by atoms with E-state index in [9.17, 15) is 14.0 Å². The van der Waals surface area contributed by atoms with Crippen molar-refractivity contribution >= 4 is 11.6 Å². The molecule has 0 aromatic carbocycles. The molecule has 0 aliphatic carbocycles. The van der Waals surface area contributed by atoms with E-state index in [0.717, 1.165) is 6.20 Å². The minimum atomic E-state index is -0.713. The van der Waals surface area contributed by atoms with Crippen LogP contribution in [0, 0.1) is 5.82 Å². The molecule has 0 bridgehead atoms. The lowest BCUT2D eigenvalue weighted by Gasteiger charge is -1.89. The van der Waals surface area contributed by atoms with Crippen molar-refractivity contribution in [3.8, 4) is 0 Å². The van der Waals surface area contributed by atoms with Crippen LogP contribution in [0.4, 0.5) is 16.0 Å². The summed E-state index contributed by atoms with van der Waals surface area (Å²) in [5, 5.41) is 0. The zero-order chi connectivity index (χ0) is 12.8. The van der Waals surface area contributed by atoms with Crippen molar-refractivity contribution in [1.82, 2.24) is 19.9 Å². The van der Waals surface area contributed by atoms with Crippen molar-refractivity contribution in [3.05, 3.63) is 45.2 Å². The van der Waals surface area contributed by atoms with E-state index in [-0.39, 0.29) is 5.82 Å². The smallest absolute Gasteiger partial charge is 0.346 e. The summed E-state index contributed by atoms with van der Waals surface area (Å²) >= 11 is 0. The maximum atomic E-state index is 12.1. The summed E-state index contributed by atoms with van der Waals surface area (Å²) in [6, 6.07) is 1.52. The Labute approximate surface area is 93.5 Å². The number of hydrogen-bond acceptors (Lipinski definition) is 6. The van der Waals surface area contributed by atoms with E-state index < -0.39 is 17.2 Å². The minimum Gasteiger partial charge on any atom is -0.385 e. The number of aromatic amines is 2. The van der Waals surface area contributed by atoms with Crippen LogP contribution in [0.2, 0.25) is 0 Å². The van der Waals surface area contributed by atoms with Crippen molar-refractivity contribution in [2.24, 2.45) is 0 Å². The second-order valence-corrected chi connectivity index (χ2v) is 2.78. The summed E-state index contributed by atoms with van der Waals surface area (Å²) < 4.78 is 12.1. The van der Waals surface area contributed by atoms with Gasteiger partial charge in [0.15, 0.2) is 5.82 Å². The normalized spacial score (nSPS) is 9.24. The number of nitrogen functional groups attached to an aromatic ring is 2. The molecule has 2 aromatic rings. The molecule has 2 heterocycles. The van der Waals surface area contributed by atoms with Crippen LogP contribution in [0.25, 0.3) is 0 Å². The van der Waals surface area contributed by atoms with Crippen LogP contribution in [-0.4, -0.2) is 19.9 Å². The predicted octanol–water partition coefficient (Wildman–Crippen LogP) is -1.16. The van der Waals surface area contributed by atoms with E-state index >= 15 is 0 Å². The fourth-order valence-electron chi connectivity index (χ4n) is 0.775. The van der Waals surface area contributed by atoms with Gasteiger partial charge in [-0.05, 0) is 6.07 Å². The van der Waals surface area contributed by atoms with Gasteiger partial charge in [0.05, 0.1) is 6.20 Å². The molecule has 0 saturated carbocycles. The molecule has 0 aliphatic heterocycles. The first-order valence-corrected chi connectivity index (χ1v) is 4.30. The molecular formula is C8H9FN6O2. The highest BCUT2D eigenvalue weighted by Gasteiger charge is 1.95. The monoisotopic (exact) mass is 240 g/mol. The highest BCUT2D eigenvalue weighted by Crippen LogP contribution is 1.96. The Kier molecular flexibility index (Phi) is 3.92. The van der Waals surface area contributed by atoms with Crippen LogP contribution in [-0.2, 0) is 0 Å². The quantitative estimate of drug-likeness (QED) is 0.457. The Hall–Kier alpha value is -2.71. The average molecular weight is 240 g/mol. The van der Waals surface area contributed by atoms with Crippen LogP contribution in [0.15, 0.2) is 28.0 Å². The molecule has 0 amide bonds. The fraction of sp³-hybridized carbons (Fsp3) is 0. The third-order valence-electron chi connectivity index (χ3n) is 1.49. The first-order chi connectivity index (χ1) is 7.99. The lowest BCUT2D eigenvalue weighted by Crippen LogP contribution is -2.12. The first kappa shape index (κ1) is 12.4. The Morgan fingerprint density at radius 2 is 1.76 bits per heavy atom. The predicted molar refractivity (Wildman–Crippen MR) is 58.5 cm³/mol. The van der Waals surface area contributed by atoms with Gasteiger partial charge in [-0.25, -0.2) is 19.0 Å². The zero-order valence-corrected chi connectivity index (χ0v) is 8.48. The maximum Gasteiger partial charge on any atom is 0.346 e. The van der Waals surface area contributed by atoms with Gasteiger partial charge < -0.3 is 11.5 Å². The van der Waals surface area contributed by atoms with Gasteiger partial charge in [0.1, 0.15) is 11.6 Å². The molecule has 9 heteroatoms. The molecule has 0 radical (unpaired) electrons. The summed E-state index contributed by atoms with van der Waals surface area (Å²) in [4.78, 5) is 31.2. The van der Waals surface area contributed by atoms with Crippen LogP contribution in [0.1, 0.15) is 0 Å². The molecule has 2 aromatic heterocycles. The SMILES string of the molecule is Nc1[nH]c(=O)ncc1F.Nc1ccnc(=O)[nH]1. The largest absolute Gasteiger partial charge is 0.385 e. The summed E-state index contributed by atoms with van der Waals surface area (Å²) in [7, 11) is 0. The lowest BCUT2D eigenvalue weighted by atomic mass is 10.6. The topological polar surface area (TPSA) is 144 Å². The highest BCUT2D eigenvalue weighted by atomic mass is 19.1. The van der Waals surface area contributed by atoms with Gasteiger partial charge in [-0.15, -0.1) is 0 Å². The summed E-state index contributed by atoms with van der Waals surface area (Å²) in [6.07, 6.45) is 2.13. The number of hydrogen-bond donors (Lipinski definition) is 4. The van der Waals surface area contributed by atoms with Crippen molar-refractivity contribution in [1.29, 1.82) is 0 Å². The fourth-order valence-corrected chi connectivity index (χ4v) is 0.775. The number of rotatable bonds is 0. The molecule has 2 rings (SSSR count). The van der Waals surface area contributed by atoms with Gasteiger partial charge in [-0.3, -0.25) is 9.97 Å². The van der Waals surface area contributed by atoms with E-state index in [0.29, 0.717) is 5.82 Å². The third-order valence-corrected chi connectivity index (χ3v) is 1.49. The Balaban J connectivity index is 0.000000171. The van der Waals surface area contributed by atoms with Crippen LogP contribution in [0.5, 0.6) is 0 Å². The minimum absolute atomic E-state index is 0.282. The number of halogens is 1. The Morgan fingerprint density at radius 3 is 2.18 bits per heavy atom. The van der Waals surface area contributed by atoms with Gasteiger partial charge in [0.25, 0.3) is 0 Å². The van der Waals surface area contributed by atoms with E-state index in [1.54, 1.807) is 0 Å². The molecule has 0 spiro atoms. The van der Waals surface area contributed by atoms with E-state index in [4.69, 9.17) is 11.5 Å². The molecule has 17 heavy (non-hydrogen) atoms. The molecule has 6 N–H and O–H groups in total. The average Bonchev–Trinajstić information content (AvgIpc) is 2.24. The third kappa shape index (κ3) is 4.11. The maximum absolute atomic E-state index is 12.1. The van der Waals surface area contributed by atoms with Gasteiger partial charge in [0, 0.05) is 6.20 Å². The second-order valence-electron chi connectivity index (χ2n) is 2.78. The second kappa shape index (κ2) is 5.39. The van der Waals surface area contributed by atoms with Gasteiger partial charge >= 0.3 is 11.4 Å². The van der Waals surface area contributed by atoms with Crippen LogP contribution >= 0.6 is 0 Å². The highest BCUT2D eigenvalue weighted by molar-refractivity contribution is 5.25. The van der Waals surface area contributed by atoms with Crippen LogP contribution < -0.4 is 22.8 Å². The number of nitrogens with two attached hydrogens (primary N) is 2. The van der Waals surface area contributed by atoms with E-state index in [1.165, 1.54) is 12.3 Å². The molecule has 0 aliphatic rings. The van der Waals surface area contributed by atoms with Crippen molar-refractivity contribution in [2.45, 2.75) is 0 Å². The van der Waals surface area contributed by atoms with E-state index in [2.05, 4.69) is 15.0 Å². The van der Waals surface area contributed by atoms with Crippen molar-refractivity contribution in [2.75, 3.05) is 11.5 Å². The Morgan fingerprint density at radius 1 is 1.12 bits per heavy atom. The standard InChI is InChI=1S/C4H4FN3O.C4H5N3O/c5-2-1-7-4(9)8-3(2)6;5-3-1-2-6-4(8)7-3/h1H,(H3,6,7,8,9);1-2H,(H3,5,6,7,8). The Bertz CT molecular complexity index is 607. The molecule has 0 fully saturated rings. The van der Waals surface area contributed by atoms with Gasteiger partial charge in [0.2, 0.25) is 0 Å². The summed E-state index contributed by atoms with van der Waals surface area (Å²) in [6.45, 7) is 0. The molecule has 0 unspecified atom stereocenters. The van der Waals surface area contributed by atoms with Crippen molar-refractivity contribution in [3.63, 3.8) is 0 Å². The lowest BCUT2D eigenvalue weighted by molar-refractivity contribution is 0.617. The number of nitrogens with one attached hydrogen (secondary N) is 2. The number of aromatic nitrogens is 4. The van der Waals surface area contributed by atoms with Crippen molar-refractivity contribution < 1.29 is 4.39 Å². The first-order valence-electron chi connectivity index (χ1n) is 4.30. The molecular weight excluding hydrogens is 231 g/mol. The van der Waals surface area contributed by atoms with Gasteiger partial charge in [-0.1, -0.05) is 0 Å². The molecule has 8 nitrogen and oxygen atoms in total. The summed E-state index contributed by atoms with van der Waals surface area (Å²) in [5.74, 6) is -0.658. The molecule has 0 atom stereocenters. The van der Waals surface area contributed by atoms with E-state index in [1.807, 2.05) is 4.98 Å². The molecule has 90 valence electrons.